The molecule has 4 aromatic heterocycles. The van der Waals surface area contributed by atoms with Gasteiger partial charge in [-0.15, -0.1) is 5.10 Å². The predicted octanol–water partition coefficient (Wildman–Crippen LogP) is 4.56. The summed E-state index contributed by atoms with van der Waals surface area (Å²) in [4.78, 5) is 9.52. The minimum atomic E-state index is 0.591. The van der Waals surface area contributed by atoms with Crippen LogP contribution in [0.4, 0.5) is 0 Å². The van der Waals surface area contributed by atoms with Gasteiger partial charge in [0.1, 0.15) is 11.3 Å². The SMILES string of the molecule is CCCCc1nc2ccc(OC)nc2n1Cc1ccc(-n2cc(Br)cc2-c2nnn[nH]2)cc1. The first-order valence-corrected chi connectivity index (χ1v) is 11.6. The number of H-pyrrole nitrogens is 1. The van der Waals surface area contributed by atoms with E-state index in [2.05, 4.69) is 77.3 Å². The molecule has 5 aromatic rings. The van der Waals surface area contributed by atoms with Crippen LogP contribution in [0.1, 0.15) is 31.2 Å². The van der Waals surface area contributed by atoms with Gasteiger partial charge in [-0.25, -0.2) is 10.1 Å². The smallest absolute Gasteiger partial charge is 0.215 e. The van der Waals surface area contributed by atoms with Gasteiger partial charge in [-0.05, 0) is 62.6 Å². The Hall–Kier alpha value is -3.53. The number of benzene rings is 1. The summed E-state index contributed by atoms with van der Waals surface area (Å²) in [6, 6.07) is 14.2. The van der Waals surface area contributed by atoms with Gasteiger partial charge in [0.2, 0.25) is 5.88 Å². The number of aryl methyl sites for hydroxylation is 1. The fourth-order valence-electron chi connectivity index (χ4n) is 3.88. The largest absolute Gasteiger partial charge is 0.481 e. The molecule has 0 unspecified atom stereocenters. The highest BCUT2D eigenvalue weighted by atomic mass is 79.9. The van der Waals surface area contributed by atoms with E-state index in [0.29, 0.717) is 18.2 Å². The summed E-state index contributed by atoms with van der Waals surface area (Å²) in [5.41, 5.74) is 4.78. The van der Waals surface area contributed by atoms with Gasteiger partial charge in [-0.3, -0.25) is 0 Å². The highest BCUT2D eigenvalue weighted by Crippen LogP contribution is 2.27. The van der Waals surface area contributed by atoms with E-state index in [-0.39, 0.29) is 0 Å². The monoisotopic (exact) mass is 506 g/mol. The maximum Gasteiger partial charge on any atom is 0.215 e. The van der Waals surface area contributed by atoms with Crippen LogP contribution in [0.5, 0.6) is 5.88 Å². The number of hydrogen-bond acceptors (Lipinski definition) is 6. The van der Waals surface area contributed by atoms with E-state index >= 15 is 0 Å². The van der Waals surface area contributed by atoms with Crippen molar-refractivity contribution in [2.24, 2.45) is 0 Å². The molecule has 168 valence electrons. The van der Waals surface area contributed by atoms with Gasteiger partial charge in [0.05, 0.1) is 19.3 Å². The lowest BCUT2D eigenvalue weighted by atomic mass is 10.2. The van der Waals surface area contributed by atoms with Gasteiger partial charge in [-0.2, -0.15) is 4.98 Å². The molecule has 0 bridgehead atoms. The maximum absolute atomic E-state index is 5.35. The number of nitrogens with zero attached hydrogens (tertiary/aromatic N) is 7. The van der Waals surface area contributed by atoms with Crippen molar-refractivity contribution >= 4 is 27.1 Å². The summed E-state index contributed by atoms with van der Waals surface area (Å²) in [5.74, 6) is 2.25. The Morgan fingerprint density at radius 1 is 1.09 bits per heavy atom. The molecule has 1 N–H and O–H groups in total. The van der Waals surface area contributed by atoms with E-state index in [1.54, 1.807) is 7.11 Å². The number of hydrogen-bond donors (Lipinski definition) is 1. The highest BCUT2D eigenvalue weighted by molar-refractivity contribution is 9.10. The van der Waals surface area contributed by atoms with Crippen LogP contribution in [0.2, 0.25) is 0 Å². The van der Waals surface area contributed by atoms with Crippen LogP contribution in [0.15, 0.2) is 53.1 Å². The molecule has 0 saturated carbocycles. The standard InChI is InChI=1S/C23H23BrN8O/c1-3-4-5-20-25-18-10-11-21(33-2)26-23(18)32(20)13-15-6-8-17(9-7-15)31-14-16(24)12-19(31)22-27-29-30-28-22/h6-12,14H,3-5,13H2,1-2H3,(H,27,28,29,30). The van der Waals surface area contributed by atoms with Crippen molar-refractivity contribution in [1.29, 1.82) is 0 Å². The summed E-state index contributed by atoms with van der Waals surface area (Å²) in [6.45, 7) is 2.87. The average Bonchev–Trinajstić information content (AvgIpc) is 3.57. The predicted molar refractivity (Wildman–Crippen MR) is 128 cm³/mol. The number of ether oxygens (including phenoxy) is 1. The molecule has 10 heteroatoms. The summed E-state index contributed by atoms with van der Waals surface area (Å²) in [7, 11) is 1.63. The zero-order valence-corrected chi connectivity index (χ0v) is 19.9. The number of methoxy groups -OCH3 is 1. The Kier molecular flexibility index (Phi) is 5.91. The van der Waals surface area contributed by atoms with Crippen LogP contribution in [0.25, 0.3) is 28.4 Å². The van der Waals surface area contributed by atoms with Crippen LogP contribution in [-0.4, -0.2) is 46.8 Å². The van der Waals surface area contributed by atoms with E-state index in [4.69, 9.17) is 9.72 Å². The van der Waals surface area contributed by atoms with Gasteiger partial charge in [0.15, 0.2) is 11.5 Å². The lowest BCUT2D eigenvalue weighted by Gasteiger charge is -2.11. The zero-order valence-electron chi connectivity index (χ0n) is 18.4. The number of aromatic amines is 1. The molecular formula is C23H23BrN8O. The normalized spacial score (nSPS) is 11.4. The Bertz CT molecular complexity index is 1370. The van der Waals surface area contributed by atoms with Gasteiger partial charge < -0.3 is 13.9 Å². The average molecular weight is 507 g/mol. The summed E-state index contributed by atoms with van der Waals surface area (Å²) < 4.78 is 10.5. The fourth-order valence-corrected chi connectivity index (χ4v) is 4.30. The van der Waals surface area contributed by atoms with Crippen LogP contribution in [0, 0.1) is 0 Å². The lowest BCUT2D eigenvalue weighted by Crippen LogP contribution is -2.07. The number of pyridine rings is 1. The van der Waals surface area contributed by atoms with Crippen LogP contribution < -0.4 is 4.74 Å². The van der Waals surface area contributed by atoms with Gasteiger partial charge in [-0.1, -0.05) is 25.5 Å². The molecule has 0 aliphatic rings. The molecule has 0 aliphatic carbocycles. The second-order valence-electron chi connectivity index (χ2n) is 7.74. The Labute approximate surface area is 199 Å². The maximum atomic E-state index is 5.35. The molecule has 0 amide bonds. The van der Waals surface area contributed by atoms with Crippen molar-refractivity contribution < 1.29 is 4.74 Å². The first kappa shape index (κ1) is 21.3. The number of tetrazole rings is 1. The first-order valence-electron chi connectivity index (χ1n) is 10.8. The Balaban J connectivity index is 1.48. The van der Waals surface area contributed by atoms with Gasteiger partial charge in [0, 0.05) is 28.8 Å². The third-order valence-electron chi connectivity index (χ3n) is 5.54. The van der Waals surface area contributed by atoms with E-state index in [9.17, 15) is 0 Å². The van der Waals surface area contributed by atoms with Crippen molar-refractivity contribution in [3.63, 3.8) is 0 Å². The first-order chi connectivity index (χ1) is 16.2. The number of unbranched alkanes of at least 4 members (excludes halogenated alkanes) is 1. The Morgan fingerprint density at radius 3 is 2.67 bits per heavy atom. The van der Waals surface area contributed by atoms with Crippen molar-refractivity contribution in [3.05, 3.63) is 64.5 Å². The van der Waals surface area contributed by atoms with E-state index in [0.717, 1.165) is 57.7 Å². The second kappa shape index (κ2) is 9.14. The number of halogens is 1. The van der Waals surface area contributed by atoms with Gasteiger partial charge in [0.25, 0.3) is 0 Å². The number of aromatic nitrogens is 8. The minimum absolute atomic E-state index is 0.591. The topological polar surface area (TPSA) is 99.3 Å². The van der Waals surface area contributed by atoms with Crippen molar-refractivity contribution in [3.8, 4) is 23.1 Å². The van der Waals surface area contributed by atoms with Gasteiger partial charge >= 0.3 is 0 Å². The molecular weight excluding hydrogens is 484 g/mol. The van der Waals surface area contributed by atoms with Crippen molar-refractivity contribution in [2.45, 2.75) is 32.7 Å². The number of imidazole rings is 1. The highest BCUT2D eigenvalue weighted by Gasteiger charge is 2.15. The molecule has 9 nitrogen and oxygen atoms in total. The number of fused-ring (bicyclic) bond motifs is 1. The van der Waals surface area contributed by atoms with E-state index in [1.807, 2.05) is 29.0 Å². The van der Waals surface area contributed by atoms with Crippen LogP contribution in [-0.2, 0) is 13.0 Å². The summed E-state index contributed by atoms with van der Waals surface area (Å²) in [6.07, 6.45) is 5.11. The molecule has 0 spiro atoms. The molecule has 0 radical (unpaired) electrons. The third kappa shape index (κ3) is 4.25. The van der Waals surface area contributed by atoms with E-state index in [1.165, 1.54) is 0 Å². The van der Waals surface area contributed by atoms with E-state index < -0.39 is 0 Å². The molecule has 0 atom stereocenters. The third-order valence-corrected chi connectivity index (χ3v) is 5.97. The molecule has 1 aromatic carbocycles. The molecule has 33 heavy (non-hydrogen) atoms. The lowest BCUT2D eigenvalue weighted by molar-refractivity contribution is 0.399. The molecule has 0 fully saturated rings. The molecule has 0 aliphatic heterocycles. The Morgan fingerprint density at radius 2 is 1.94 bits per heavy atom. The minimum Gasteiger partial charge on any atom is -0.481 e. The summed E-state index contributed by atoms with van der Waals surface area (Å²) >= 11 is 3.55. The van der Waals surface area contributed by atoms with Crippen LogP contribution in [0.3, 0.4) is 0 Å². The number of nitrogens with one attached hydrogen (secondary N) is 1. The summed E-state index contributed by atoms with van der Waals surface area (Å²) in [5, 5.41) is 14.3. The quantitative estimate of drug-likeness (QED) is 0.331. The van der Waals surface area contributed by atoms with Crippen molar-refractivity contribution in [2.75, 3.05) is 7.11 Å². The van der Waals surface area contributed by atoms with Crippen LogP contribution >= 0.6 is 15.9 Å². The van der Waals surface area contributed by atoms with Crippen molar-refractivity contribution in [1.82, 2.24) is 39.7 Å². The zero-order chi connectivity index (χ0) is 22.8. The molecule has 4 heterocycles. The molecule has 5 rings (SSSR count). The second-order valence-corrected chi connectivity index (χ2v) is 8.66. The fraction of sp³-hybridized carbons (Fsp3) is 0.261. The number of rotatable bonds is 8. The molecule has 0 saturated heterocycles.